The van der Waals surface area contributed by atoms with Crippen molar-refractivity contribution in [3.05, 3.63) is 53.3 Å². The average Bonchev–Trinajstić information content (AvgIpc) is 3.05. The molecule has 1 fully saturated rings. The lowest BCUT2D eigenvalue weighted by atomic mass is 10.2. The van der Waals surface area contributed by atoms with E-state index in [2.05, 4.69) is 5.32 Å². The van der Waals surface area contributed by atoms with Crippen molar-refractivity contribution in [3.63, 3.8) is 0 Å². The van der Waals surface area contributed by atoms with Gasteiger partial charge in [-0.15, -0.1) is 0 Å². The fourth-order valence-corrected chi connectivity index (χ4v) is 4.74. The summed E-state index contributed by atoms with van der Waals surface area (Å²) in [6.07, 6.45) is 0.341. The van der Waals surface area contributed by atoms with Gasteiger partial charge in [-0.2, -0.15) is 4.31 Å². The van der Waals surface area contributed by atoms with Gasteiger partial charge in [0.15, 0.2) is 17.5 Å². The van der Waals surface area contributed by atoms with E-state index in [1.807, 2.05) is 0 Å². The minimum atomic E-state index is -3.82. The van der Waals surface area contributed by atoms with Crippen LogP contribution in [0.4, 0.5) is 18.9 Å². The number of halogens is 3. The van der Waals surface area contributed by atoms with Gasteiger partial charge < -0.3 is 10.1 Å². The number of carbonyl (C=O) groups excluding carboxylic acids is 1. The van der Waals surface area contributed by atoms with Crippen LogP contribution in [0.2, 0.25) is 0 Å². The first-order valence-electron chi connectivity index (χ1n) is 8.02. The monoisotopic (exact) mass is 400 g/mol. The molecule has 0 spiro atoms. The number of amides is 1. The van der Waals surface area contributed by atoms with Gasteiger partial charge in [-0.05, 0) is 24.6 Å². The standard InChI is InChI=1S/C17H13F3N2O4S.H2/c18-12-6-10(7-13(19)16(12)20)21-17(23)9-1-2-14-15(5-9)27(24,25)22-4-3-11(8-22)26-14;/h1-2,5-7,11H,3-4,8H2,(H,21,23);1H. The van der Waals surface area contributed by atoms with E-state index < -0.39 is 33.4 Å². The van der Waals surface area contributed by atoms with Crippen LogP contribution in [0.5, 0.6) is 5.75 Å². The molecular formula is C17H15F3N2O4S. The molecule has 10 heteroatoms. The van der Waals surface area contributed by atoms with Crippen LogP contribution in [-0.2, 0) is 10.0 Å². The van der Waals surface area contributed by atoms with Crippen molar-refractivity contribution in [1.29, 1.82) is 0 Å². The summed E-state index contributed by atoms with van der Waals surface area (Å²) in [6.45, 7) is 0.573. The number of ether oxygens (including phenoxy) is 1. The molecule has 2 unspecified atom stereocenters. The number of fused-ring (bicyclic) bond motifs is 3. The van der Waals surface area contributed by atoms with Gasteiger partial charge in [0.1, 0.15) is 16.7 Å². The number of carbonyl (C=O) groups is 1. The summed E-state index contributed by atoms with van der Waals surface area (Å²) in [5.41, 5.74) is -0.349. The third-order valence-corrected chi connectivity index (χ3v) is 6.35. The first-order chi connectivity index (χ1) is 12.8. The van der Waals surface area contributed by atoms with E-state index in [1.54, 1.807) is 0 Å². The molecule has 0 saturated carbocycles. The summed E-state index contributed by atoms with van der Waals surface area (Å²) in [7, 11) is -3.82. The molecule has 1 amide bonds. The number of hydrogen-bond acceptors (Lipinski definition) is 4. The van der Waals surface area contributed by atoms with Gasteiger partial charge in [0.25, 0.3) is 5.91 Å². The zero-order chi connectivity index (χ0) is 19.3. The molecule has 0 radical (unpaired) electrons. The Labute approximate surface area is 154 Å². The lowest BCUT2D eigenvalue weighted by Crippen LogP contribution is -2.28. The smallest absolute Gasteiger partial charge is 0.255 e. The molecule has 2 atom stereocenters. The van der Waals surface area contributed by atoms with Crippen molar-refractivity contribution >= 4 is 21.6 Å². The van der Waals surface area contributed by atoms with E-state index in [0.717, 1.165) is 6.07 Å². The minimum absolute atomic E-state index is 0. The fourth-order valence-electron chi connectivity index (χ4n) is 3.11. The van der Waals surface area contributed by atoms with Crippen molar-refractivity contribution in [2.24, 2.45) is 0 Å². The molecule has 0 aromatic heterocycles. The Kier molecular flexibility index (Phi) is 4.11. The molecule has 1 saturated heterocycles. The molecule has 0 aliphatic carbocycles. The first kappa shape index (κ1) is 17.8. The van der Waals surface area contributed by atoms with Gasteiger partial charge in [-0.25, -0.2) is 21.6 Å². The zero-order valence-electron chi connectivity index (χ0n) is 13.7. The lowest BCUT2D eigenvalue weighted by molar-refractivity contribution is 0.102. The van der Waals surface area contributed by atoms with Gasteiger partial charge in [0.2, 0.25) is 10.0 Å². The van der Waals surface area contributed by atoms with Gasteiger partial charge >= 0.3 is 0 Å². The molecule has 2 aliphatic rings. The quantitative estimate of drug-likeness (QED) is 0.787. The molecular weight excluding hydrogens is 385 g/mol. The molecule has 6 nitrogen and oxygen atoms in total. The van der Waals surface area contributed by atoms with Gasteiger partial charge in [0.05, 0.1) is 6.54 Å². The molecule has 2 aromatic carbocycles. The molecule has 1 N–H and O–H groups in total. The number of sulfonamides is 1. The summed E-state index contributed by atoms with van der Waals surface area (Å²) in [6, 6.07) is 5.12. The van der Waals surface area contributed by atoms with Crippen molar-refractivity contribution in [3.8, 4) is 5.75 Å². The summed E-state index contributed by atoms with van der Waals surface area (Å²) in [5, 5.41) is 2.22. The van der Waals surface area contributed by atoms with Crippen LogP contribution in [-0.4, -0.2) is 37.8 Å². The number of rotatable bonds is 2. The number of nitrogens with one attached hydrogen (secondary N) is 1. The number of hydrogen-bond donors (Lipinski definition) is 1. The van der Waals surface area contributed by atoms with Crippen molar-refractivity contribution in [1.82, 2.24) is 4.31 Å². The van der Waals surface area contributed by atoms with Crippen LogP contribution in [0.1, 0.15) is 18.2 Å². The van der Waals surface area contributed by atoms with Gasteiger partial charge in [-0.1, -0.05) is 0 Å². The van der Waals surface area contributed by atoms with Crippen LogP contribution < -0.4 is 10.1 Å². The van der Waals surface area contributed by atoms with E-state index in [-0.39, 0.29) is 36.0 Å². The van der Waals surface area contributed by atoms with Crippen LogP contribution >= 0.6 is 0 Å². The number of anilines is 1. The molecule has 2 aliphatic heterocycles. The Bertz CT molecular complexity index is 1040. The lowest BCUT2D eigenvalue weighted by Gasteiger charge is -2.17. The number of benzene rings is 2. The van der Waals surface area contributed by atoms with Crippen LogP contribution in [0.15, 0.2) is 35.2 Å². The fraction of sp³-hybridized carbons (Fsp3) is 0.235. The average molecular weight is 400 g/mol. The first-order valence-corrected chi connectivity index (χ1v) is 9.46. The second-order valence-electron chi connectivity index (χ2n) is 6.26. The van der Waals surface area contributed by atoms with Crippen molar-refractivity contribution in [2.45, 2.75) is 17.4 Å². The molecule has 2 heterocycles. The maximum Gasteiger partial charge on any atom is 0.255 e. The predicted molar refractivity (Wildman–Crippen MR) is 90.6 cm³/mol. The molecule has 2 bridgehead atoms. The van der Waals surface area contributed by atoms with E-state index in [0.29, 0.717) is 25.1 Å². The Morgan fingerprint density at radius 1 is 1.19 bits per heavy atom. The highest BCUT2D eigenvalue weighted by atomic mass is 32.2. The van der Waals surface area contributed by atoms with Crippen LogP contribution in [0, 0.1) is 17.5 Å². The largest absolute Gasteiger partial charge is 0.488 e. The molecule has 2 aromatic rings. The maximum absolute atomic E-state index is 13.3. The summed E-state index contributed by atoms with van der Waals surface area (Å²) >= 11 is 0. The van der Waals surface area contributed by atoms with Gasteiger partial charge in [-0.3, -0.25) is 4.79 Å². The molecule has 4 rings (SSSR count). The molecule has 144 valence electrons. The third-order valence-electron chi connectivity index (χ3n) is 4.47. The summed E-state index contributed by atoms with van der Waals surface area (Å²) in [4.78, 5) is 12.2. The maximum atomic E-state index is 13.3. The second kappa shape index (κ2) is 6.24. The van der Waals surface area contributed by atoms with Crippen molar-refractivity contribution < 1.29 is 32.5 Å². The van der Waals surface area contributed by atoms with Crippen LogP contribution in [0.3, 0.4) is 0 Å². The zero-order valence-corrected chi connectivity index (χ0v) is 14.5. The second-order valence-corrected chi connectivity index (χ2v) is 8.17. The van der Waals surface area contributed by atoms with E-state index in [4.69, 9.17) is 4.74 Å². The molecule has 27 heavy (non-hydrogen) atoms. The number of nitrogens with zero attached hydrogens (tertiary/aromatic N) is 1. The Hall–Kier alpha value is -2.59. The van der Waals surface area contributed by atoms with E-state index in [1.165, 1.54) is 16.4 Å². The minimum Gasteiger partial charge on any atom is -0.488 e. The highest BCUT2D eigenvalue weighted by Gasteiger charge is 2.39. The Balaban J connectivity index is 0.00000225. The summed E-state index contributed by atoms with van der Waals surface area (Å²) < 4.78 is 72.0. The van der Waals surface area contributed by atoms with E-state index in [9.17, 15) is 26.4 Å². The predicted octanol–water partition coefficient (Wildman–Crippen LogP) is 2.76. The third kappa shape index (κ3) is 3.04. The SMILES string of the molecule is O=C(Nc1cc(F)c(F)c(F)c1)c1ccc2c(c1)S(=O)(=O)N1CCC(C1)O2.[HH]. The highest BCUT2D eigenvalue weighted by Crippen LogP contribution is 2.35. The highest BCUT2D eigenvalue weighted by molar-refractivity contribution is 7.89. The Morgan fingerprint density at radius 2 is 1.89 bits per heavy atom. The normalized spacial score (nSPS) is 22.5. The van der Waals surface area contributed by atoms with Crippen molar-refractivity contribution in [2.75, 3.05) is 18.4 Å². The van der Waals surface area contributed by atoms with Gasteiger partial charge in [0, 0.05) is 31.4 Å². The van der Waals surface area contributed by atoms with Crippen LogP contribution in [0.25, 0.3) is 0 Å². The Morgan fingerprint density at radius 3 is 2.59 bits per heavy atom. The van der Waals surface area contributed by atoms with E-state index >= 15 is 0 Å². The topological polar surface area (TPSA) is 75.7 Å². The summed E-state index contributed by atoms with van der Waals surface area (Å²) in [5.74, 6) is -5.20.